The molecule has 1 saturated carbocycles. The number of benzene rings is 1. The summed E-state index contributed by atoms with van der Waals surface area (Å²) < 4.78 is 10.7. The van der Waals surface area contributed by atoms with Crippen molar-refractivity contribution >= 4 is 5.91 Å². The predicted molar refractivity (Wildman–Crippen MR) is 120 cm³/mol. The van der Waals surface area contributed by atoms with Gasteiger partial charge in [0.25, 0.3) is 5.56 Å². The lowest BCUT2D eigenvalue weighted by molar-refractivity contribution is -0.139. The maximum absolute atomic E-state index is 13.0. The molecule has 1 aromatic carbocycles. The van der Waals surface area contributed by atoms with Crippen molar-refractivity contribution in [1.29, 1.82) is 0 Å². The van der Waals surface area contributed by atoms with Crippen LogP contribution in [0.25, 0.3) is 0 Å². The average Bonchev–Trinajstić information content (AvgIpc) is 3.27. The summed E-state index contributed by atoms with van der Waals surface area (Å²) in [5.41, 5.74) is 2.27. The summed E-state index contributed by atoms with van der Waals surface area (Å²) in [6.07, 6.45) is 5.64. The lowest BCUT2D eigenvalue weighted by Gasteiger charge is -2.31. The third-order valence-corrected chi connectivity index (χ3v) is 6.06. The molecular formula is C25H29N3O4. The van der Waals surface area contributed by atoms with Gasteiger partial charge in [-0.25, -0.2) is 4.98 Å². The highest BCUT2D eigenvalue weighted by molar-refractivity contribution is 5.79. The molecule has 0 aliphatic heterocycles. The fourth-order valence-corrected chi connectivity index (χ4v) is 3.99. The Labute approximate surface area is 187 Å². The van der Waals surface area contributed by atoms with Crippen LogP contribution in [-0.4, -0.2) is 27.9 Å². The number of hydrogen-bond donors (Lipinski definition) is 1. The summed E-state index contributed by atoms with van der Waals surface area (Å²) in [7, 11) is 1.63. The van der Waals surface area contributed by atoms with Crippen molar-refractivity contribution in [1.82, 2.24) is 14.9 Å². The fraction of sp³-hybridized carbons (Fsp3) is 0.400. The Morgan fingerprint density at radius 1 is 1.22 bits per heavy atom. The SMILES string of the molecule is CCc1nc(CN(Cc2ccco2)C(=O)C2CCC2)[nH]c(=O)c1Cc1ccc(OC)cc1. The quantitative estimate of drug-likeness (QED) is 0.551. The lowest BCUT2D eigenvalue weighted by atomic mass is 9.84. The Balaban J connectivity index is 1.56. The molecule has 4 rings (SSSR count). The van der Waals surface area contributed by atoms with E-state index in [2.05, 4.69) is 4.98 Å². The first-order chi connectivity index (χ1) is 15.6. The number of carbonyl (C=O) groups is 1. The Hall–Kier alpha value is -3.35. The van der Waals surface area contributed by atoms with Crippen molar-refractivity contribution in [3.63, 3.8) is 0 Å². The molecule has 1 fully saturated rings. The summed E-state index contributed by atoms with van der Waals surface area (Å²) >= 11 is 0. The van der Waals surface area contributed by atoms with Gasteiger partial charge in [0, 0.05) is 17.9 Å². The van der Waals surface area contributed by atoms with Crippen LogP contribution in [0.2, 0.25) is 0 Å². The van der Waals surface area contributed by atoms with E-state index in [-0.39, 0.29) is 23.9 Å². The zero-order valence-corrected chi connectivity index (χ0v) is 18.6. The lowest BCUT2D eigenvalue weighted by Crippen LogP contribution is -2.39. The maximum atomic E-state index is 13.0. The summed E-state index contributed by atoms with van der Waals surface area (Å²) in [5, 5.41) is 0. The third-order valence-electron chi connectivity index (χ3n) is 6.06. The van der Waals surface area contributed by atoms with Gasteiger partial charge in [-0.15, -0.1) is 0 Å². The van der Waals surface area contributed by atoms with Gasteiger partial charge in [-0.05, 0) is 49.1 Å². The number of methoxy groups -OCH3 is 1. The number of aromatic amines is 1. The van der Waals surface area contributed by atoms with Crippen LogP contribution >= 0.6 is 0 Å². The Kier molecular flexibility index (Phi) is 6.73. The standard InChI is InChI=1S/C25H29N3O4/c1-3-22-21(14-17-9-11-19(31-2)12-10-17)24(29)27-23(26-22)16-28(15-20-8-5-13-32-20)25(30)18-6-4-7-18/h5,8-13,18H,3-4,6-7,14-16H2,1-2H3,(H,26,27,29). The normalized spacial score (nSPS) is 13.6. The van der Waals surface area contributed by atoms with Crippen LogP contribution in [0.3, 0.4) is 0 Å². The second-order valence-corrected chi connectivity index (χ2v) is 8.22. The summed E-state index contributed by atoms with van der Waals surface area (Å²) in [5.74, 6) is 2.14. The molecule has 2 heterocycles. The minimum absolute atomic E-state index is 0.0525. The van der Waals surface area contributed by atoms with Gasteiger partial charge in [-0.2, -0.15) is 0 Å². The highest BCUT2D eigenvalue weighted by Gasteiger charge is 2.30. The van der Waals surface area contributed by atoms with Gasteiger partial charge in [0.05, 0.1) is 32.2 Å². The number of aromatic nitrogens is 2. The van der Waals surface area contributed by atoms with E-state index >= 15 is 0 Å². The van der Waals surface area contributed by atoms with Gasteiger partial charge in [-0.1, -0.05) is 25.5 Å². The van der Waals surface area contributed by atoms with Crippen LogP contribution in [0.5, 0.6) is 5.75 Å². The average molecular weight is 436 g/mol. The molecule has 0 spiro atoms. The number of carbonyl (C=O) groups excluding carboxylic acids is 1. The zero-order valence-electron chi connectivity index (χ0n) is 18.6. The number of ether oxygens (including phenoxy) is 1. The van der Waals surface area contributed by atoms with E-state index in [4.69, 9.17) is 14.1 Å². The van der Waals surface area contributed by atoms with Crippen LogP contribution in [0.1, 0.15) is 54.6 Å². The molecule has 2 aromatic heterocycles. The molecule has 1 aliphatic rings. The Morgan fingerprint density at radius 3 is 2.59 bits per heavy atom. The molecule has 7 nitrogen and oxygen atoms in total. The van der Waals surface area contributed by atoms with E-state index in [9.17, 15) is 9.59 Å². The van der Waals surface area contributed by atoms with Crippen LogP contribution in [0.4, 0.5) is 0 Å². The van der Waals surface area contributed by atoms with Crippen LogP contribution in [-0.2, 0) is 30.7 Å². The molecule has 168 valence electrons. The topological polar surface area (TPSA) is 88.4 Å². The number of H-pyrrole nitrogens is 1. The van der Waals surface area contributed by atoms with Crippen molar-refractivity contribution in [2.75, 3.05) is 7.11 Å². The molecule has 1 N–H and O–H groups in total. The summed E-state index contributed by atoms with van der Waals surface area (Å²) in [6, 6.07) is 11.3. The first kappa shape index (κ1) is 21.9. The molecule has 3 aromatic rings. The van der Waals surface area contributed by atoms with Gasteiger partial charge < -0.3 is 19.0 Å². The monoisotopic (exact) mass is 435 g/mol. The Bertz CT molecular complexity index is 1100. The van der Waals surface area contributed by atoms with Crippen molar-refractivity contribution in [2.45, 2.75) is 52.1 Å². The number of nitrogens with zero attached hydrogens (tertiary/aromatic N) is 2. The largest absolute Gasteiger partial charge is 0.497 e. The van der Waals surface area contributed by atoms with E-state index in [1.165, 1.54) is 0 Å². The minimum atomic E-state index is -0.156. The van der Waals surface area contributed by atoms with Crippen molar-refractivity contribution in [3.8, 4) is 5.75 Å². The predicted octanol–water partition coefficient (Wildman–Crippen LogP) is 3.85. The van der Waals surface area contributed by atoms with E-state index in [0.29, 0.717) is 36.5 Å². The highest BCUT2D eigenvalue weighted by Crippen LogP contribution is 2.29. The van der Waals surface area contributed by atoms with Crippen molar-refractivity contribution in [3.05, 3.63) is 81.4 Å². The molecule has 0 unspecified atom stereocenters. The van der Waals surface area contributed by atoms with E-state index in [1.54, 1.807) is 18.3 Å². The molecule has 1 aliphatic carbocycles. The van der Waals surface area contributed by atoms with Gasteiger partial charge in [0.2, 0.25) is 5.91 Å². The van der Waals surface area contributed by atoms with Crippen LogP contribution < -0.4 is 10.3 Å². The van der Waals surface area contributed by atoms with Gasteiger partial charge >= 0.3 is 0 Å². The molecule has 0 saturated heterocycles. The smallest absolute Gasteiger partial charge is 0.254 e. The van der Waals surface area contributed by atoms with Crippen LogP contribution in [0.15, 0.2) is 51.9 Å². The van der Waals surface area contributed by atoms with E-state index in [1.807, 2.05) is 43.3 Å². The first-order valence-electron chi connectivity index (χ1n) is 11.1. The van der Waals surface area contributed by atoms with E-state index < -0.39 is 0 Å². The molecular weight excluding hydrogens is 406 g/mol. The molecule has 0 radical (unpaired) electrons. The first-order valence-corrected chi connectivity index (χ1v) is 11.1. The Morgan fingerprint density at radius 2 is 2.00 bits per heavy atom. The fourth-order valence-electron chi connectivity index (χ4n) is 3.99. The van der Waals surface area contributed by atoms with Gasteiger partial charge in [0.1, 0.15) is 17.3 Å². The minimum Gasteiger partial charge on any atom is -0.497 e. The number of nitrogens with one attached hydrogen (secondary N) is 1. The molecule has 1 amide bonds. The zero-order chi connectivity index (χ0) is 22.5. The molecule has 0 bridgehead atoms. The third kappa shape index (κ3) is 4.93. The van der Waals surface area contributed by atoms with Crippen LogP contribution in [0, 0.1) is 5.92 Å². The number of aryl methyl sites for hydroxylation is 1. The second-order valence-electron chi connectivity index (χ2n) is 8.22. The van der Waals surface area contributed by atoms with Crippen molar-refractivity contribution < 1.29 is 13.9 Å². The van der Waals surface area contributed by atoms with Gasteiger partial charge in [-0.3, -0.25) is 9.59 Å². The number of amides is 1. The molecule has 32 heavy (non-hydrogen) atoms. The van der Waals surface area contributed by atoms with Crippen molar-refractivity contribution in [2.24, 2.45) is 5.92 Å². The summed E-state index contributed by atoms with van der Waals surface area (Å²) in [6.45, 7) is 2.60. The number of rotatable bonds is 9. The maximum Gasteiger partial charge on any atom is 0.254 e. The second kappa shape index (κ2) is 9.85. The number of furan rings is 1. The highest BCUT2D eigenvalue weighted by atomic mass is 16.5. The molecule has 0 atom stereocenters. The van der Waals surface area contributed by atoms with Gasteiger partial charge in [0.15, 0.2) is 0 Å². The number of hydrogen-bond acceptors (Lipinski definition) is 5. The van der Waals surface area contributed by atoms with E-state index in [0.717, 1.165) is 36.3 Å². The summed E-state index contributed by atoms with van der Waals surface area (Å²) in [4.78, 5) is 35.4. The molecule has 7 heteroatoms.